The van der Waals surface area contributed by atoms with Crippen LogP contribution in [0.25, 0.3) is 0 Å². The van der Waals surface area contributed by atoms with Crippen molar-refractivity contribution in [2.24, 2.45) is 5.92 Å². The van der Waals surface area contributed by atoms with E-state index in [0.29, 0.717) is 18.0 Å². The first-order valence-corrected chi connectivity index (χ1v) is 6.80. The van der Waals surface area contributed by atoms with Crippen LogP contribution in [-0.2, 0) is 4.74 Å². The Bertz CT molecular complexity index is 436. The number of anilines is 1. The number of nitrogens with zero attached hydrogens (tertiary/aromatic N) is 1. The maximum atomic E-state index is 12.1. The van der Waals surface area contributed by atoms with Gasteiger partial charge in [-0.2, -0.15) is 0 Å². The summed E-state index contributed by atoms with van der Waals surface area (Å²) in [7, 11) is 0. The number of ether oxygens (including phenoxy) is 1. The Morgan fingerprint density at radius 2 is 2.42 bits per heavy atom. The van der Waals surface area contributed by atoms with E-state index in [-0.39, 0.29) is 12.0 Å². The van der Waals surface area contributed by atoms with E-state index < -0.39 is 0 Å². The molecule has 1 fully saturated rings. The van der Waals surface area contributed by atoms with E-state index in [2.05, 4.69) is 22.5 Å². The Balaban J connectivity index is 1.90. The summed E-state index contributed by atoms with van der Waals surface area (Å²) < 4.78 is 5.48. The number of hydrogen-bond donors (Lipinski definition) is 2. The van der Waals surface area contributed by atoms with Gasteiger partial charge in [0.15, 0.2) is 0 Å². The molecule has 1 amide bonds. The molecule has 1 aromatic rings. The average molecular weight is 263 g/mol. The highest BCUT2D eigenvalue weighted by molar-refractivity contribution is 5.94. The molecule has 0 bridgehead atoms. The van der Waals surface area contributed by atoms with Gasteiger partial charge in [-0.1, -0.05) is 0 Å². The third-order valence-corrected chi connectivity index (χ3v) is 3.44. The van der Waals surface area contributed by atoms with Crippen LogP contribution in [-0.4, -0.2) is 36.7 Å². The van der Waals surface area contributed by atoms with Gasteiger partial charge in [-0.05, 0) is 32.4 Å². The lowest BCUT2D eigenvalue weighted by atomic mass is 10.0. The van der Waals surface area contributed by atoms with Gasteiger partial charge in [-0.15, -0.1) is 0 Å². The zero-order valence-corrected chi connectivity index (χ0v) is 11.5. The van der Waals surface area contributed by atoms with Gasteiger partial charge in [0, 0.05) is 37.4 Å². The molecule has 1 aromatic heterocycles. The summed E-state index contributed by atoms with van der Waals surface area (Å²) in [4.78, 5) is 16.2. The van der Waals surface area contributed by atoms with Gasteiger partial charge >= 0.3 is 0 Å². The summed E-state index contributed by atoms with van der Waals surface area (Å²) in [6, 6.07) is 3.50. The number of carbonyl (C=O) groups excluding carboxylic acids is 1. The number of amides is 1. The molecule has 1 saturated heterocycles. The van der Waals surface area contributed by atoms with Crippen LogP contribution in [0.15, 0.2) is 18.3 Å². The fraction of sp³-hybridized carbons (Fsp3) is 0.571. The van der Waals surface area contributed by atoms with Crippen molar-refractivity contribution in [2.75, 3.05) is 25.0 Å². The zero-order valence-electron chi connectivity index (χ0n) is 11.5. The van der Waals surface area contributed by atoms with Gasteiger partial charge in [0.1, 0.15) is 5.82 Å². The molecular formula is C14H21N3O2. The van der Waals surface area contributed by atoms with Crippen molar-refractivity contribution in [1.82, 2.24) is 10.3 Å². The van der Waals surface area contributed by atoms with Crippen molar-refractivity contribution >= 4 is 11.7 Å². The normalized spacial score (nSPS) is 22.2. The Kier molecular flexibility index (Phi) is 4.74. The van der Waals surface area contributed by atoms with E-state index in [0.717, 1.165) is 25.4 Å². The molecule has 0 aliphatic carbocycles. The summed E-state index contributed by atoms with van der Waals surface area (Å²) in [6.45, 7) is 6.30. The first-order valence-electron chi connectivity index (χ1n) is 6.80. The quantitative estimate of drug-likeness (QED) is 0.848. The second kappa shape index (κ2) is 6.52. The lowest BCUT2D eigenvalue weighted by Gasteiger charge is -2.14. The topological polar surface area (TPSA) is 63.2 Å². The zero-order chi connectivity index (χ0) is 13.7. The predicted octanol–water partition coefficient (Wildman–Crippen LogP) is 1.67. The summed E-state index contributed by atoms with van der Waals surface area (Å²) >= 11 is 0. The van der Waals surface area contributed by atoms with Gasteiger partial charge in [-0.25, -0.2) is 4.98 Å². The summed E-state index contributed by atoms with van der Waals surface area (Å²) in [5.74, 6) is 1.09. The molecule has 2 rings (SSSR count). The van der Waals surface area contributed by atoms with E-state index in [1.165, 1.54) is 0 Å². The second-order valence-electron chi connectivity index (χ2n) is 4.79. The van der Waals surface area contributed by atoms with Gasteiger partial charge in [0.25, 0.3) is 5.91 Å². The standard InChI is InChI=1S/C14H21N3O2/c1-3-15-13-8-11(4-6-16-13)14(18)17-9-12-5-7-19-10(12)2/h4,6,8,10,12H,3,5,7,9H2,1-2H3,(H,15,16)(H,17,18). The molecule has 5 heteroatoms. The van der Waals surface area contributed by atoms with Crippen LogP contribution in [0.2, 0.25) is 0 Å². The smallest absolute Gasteiger partial charge is 0.251 e. The third-order valence-electron chi connectivity index (χ3n) is 3.44. The van der Waals surface area contributed by atoms with Crippen molar-refractivity contribution < 1.29 is 9.53 Å². The van der Waals surface area contributed by atoms with Crippen molar-refractivity contribution in [3.05, 3.63) is 23.9 Å². The molecule has 1 aliphatic rings. The fourth-order valence-corrected chi connectivity index (χ4v) is 2.22. The lowest BCUT2D eigenvalue weighted by Crippen LogP contribution is -2.32. The number of hydrogen-bond acceptors (Lipinski definition) is 4. The van der Waals surface area contributed by atoms with Gasteiger partial charge in [0.05, 0.1) is 6.10 Å². The minimum Gasteiger partial charge on any atom is -0.378 e. The molecule has 2 unspecified atom stereocenters. The first kappa shape index (κ1) is 13.8. The number of carbonyl (C=O) groups is 1. The van der Waals surface area contributed by atoms with E-state index in [4.69, 9.17) is 4.74 Å². The molecule has 0 aromatic carbocycles. The second-order valence-corrected chi connectivity index (χ2v) is 4.79. The van der Waals surface area contributed by atoms with Gasteiger partial charge in [0.2, 0.25) is 0 Å². The van der Waals surface area contributed by atoms with Gasteiger partial charge < -0.3 is 15.4 Å². The summed E-state index contributed by atoms with van der Waals surface area (Å²) in [5.41, 5.74) is 0.637. The van der Waals surface area contributed by atoms with Crippen LogP contribution >= 0.6 is 0 Å². The Morgan fingerprint density at radius 3 is 3.11 bits per heavy atom. The maximum absolute atomic E-state index is 12.1. The Morgan fingerprint density at radius 1 is 1.58 bits per heavy atom. The van der Waals surface area contributed by atoms with Gasteiger partial charge in [-0.3, -0.25) is 4.79 Å². The van der Waals surface area contributed by atoms with Crippen molar-refractivity contribution in [3.63, 3.8) is 0 Å². The largest absolute Gasteiger partial charge is 0.378 e. The van der Waals surface area contributed by atoms with E-state index in [9.17, 15) is 4.79 Å². The lowest BCUT2D eigenvalue weighted by molar-refractivity contribution is 0.0907. The molecule has 2 atom stereocenters. The summed E-state index contributed by atoms with van der Waals surface area (Å²) in [6.07, 6.45) is 2.89. The first-order chi connectivity index (χ1) is 9.20. The minimum absolute atomic E-state index is 0.0550. The van der Waals surface area contributed by atoms with E-state index >= 15 is 0 Å². The van der Waals surface area contributed by atoms with Crippen LogP contribution in [0.4, 0.5) is 5.82 Å². The van der Waals surface area contributed by atoms with Crippen LogP contribution in [0, 0.1) is 5.92 Å². The predicted molar refractivity (Wildman–Crippen MR) is 74.3 cm³/mol. The molecule has 0 saturated carbocycles. The number of pyridine rings is 1. The molecule has 2 heterocycles. The van der Waals surface area contributed by atoms with Crippen LogP contribution in [0.1, 0.15) is 30.6 Å². The molecule has 0 spiro atoms. The number of rotatable bonds is 5. The Hall–Kier alpha value is -1.62. The van der Waals surface area contributed by atoms with Crippen molar-refractivity contribution in [1.29, 1.82) is 0 Å². The minimum atomic E-state index is -0.0550. The molecule has 19 heavy (non-hydrogen) atoms. The molecule has 1 aliphatic heterocycles. The average Bonchev–Trinajstić information content (AvgIpc) is 2.82. The number of aromatic nitrogens is 1. The molecule has 0 radical (unpaired) electrons. The van der Waals surface area contributed by atoms with E-state index in [1.54, 1.807) is 18.3 Å². The van der Waals surface area contributed by atoms with Crippen LogP contribution in [0.5, 0.6) is 0 Å². The molecule has 2 N–H and O–H groups in total. The van der Waals surface area contributed by atoms with E-state index in [1.807, 2.05) is 6.92 Å². The molecule has 104 valence electrons. The van der Waals surface area contributed by atoms with Crippen LogP contribution < -0.4 is 10.6 Å². The van der Waals surface area contributed by atoms with Crippen LogP contribution in [0.3, 0.4) is 0 Å². The van der Waals surface area contributed by atoms with Crippen molar-refractivity contribution in [2.45, 2.75) is 26.4 Å². The highest BCUT2D eigenvalue weighted by Gasteiger charge is 2.24. The SMILES string of the molecule is CCNc1cc(C(=O)NCC2CCOC2C)ccn1. The highest BCUT2D eigenvalue weighted by Crippen LogP contribution is 2.19. The molecule has 5 nitrogen and oxygen atoms in total. The Labute approximate surface area is 113 Å². The summed E-state index contributed by atoms with van der Waals surface area (Å²) in [5, 5.41) is 6.06. The highest BCUT2D eigenvalue weighted by atomic mass is 16.5. The maximum Gasteiger partial charge on any atom is 0.251 e. The van der Waals surface area contributed by atoms with Crippen molar-refractivity contribution in [3.8, 4) is 0 Å². The number of nitrogens with one attached hydrogen (secondary N) is 2. The molecular weight excluding hydrogens is 242 g/mol. The third kappa shape index (κ3) is 3.67. The fourth-order valence-electron chi connectivity index (χ4n) is 2.22. The monoisotopic (exact) mass is 263 g/mol.